The molecule has 0 aromatic heterocycles. The van der Waals surface area contributed by atoms with Gasteiger partial charge in [-0.1, -0.05) is 15.9 Å². The molecule has 0 aromatic carbocycles. The second-order valence-corrected chi connectivity index (χ2v) is 6.41. The number of hydrogen-bond acceptors (Lipinski definition) is 3. The number of halogens is 1. The molecule has 0 unspecified atom stereocenters. The minimum atomic E-state index is -0.651. The van der Waals surface area contributed by atoms with Gasteiger partial charge < -0.3 is 10.0 Å². The summed E-state index contributed by atoms with van der Waals surface area (Å²) in [6.07, 6.45) is 2.69. The van der Waals surface area contributed by atoms with E-state index in [1.54, 1.807) is 0 Å². The zero-order valence-corrected chi connectivity index (χ0v) is 13.1. The Bertz CT molecular complexity index is 258. The Balaban J connectivity index is 2.24. The molecule has 18 heavy (non-hydrogen) atoms. The van der Waals surface area contributed by atoms with E-state index in [2.05, 4.69) is 20.8 Å². The first-order valence-electron chi connectivity index (χ1n) is 6.71. The lowest BCUT2D eigenvalue weighted by Crippen LogP contribution is -2.51. The molecular formula is C13H25BrN2O2. The van der Waals surface area contributed by atoms with Crippen LogP contribution < -0.4 is 0 Å². The summed E-state index contributed by atoms with van der Waals surface area (Å²) in [5.41, 5.74) is -0.651. The molecule has 1 aliphatic heterocycles. The zero-order chi connectivity index (χ0) is 13.6. The van der Waals surface area contributed by atoms with Gasteiger partial charge in [-0.05, 0) is 26.7 Å². The van der Waals surface area contributed by atoms with E-state index in [0.29, 0.717) is 13.0 Å². The lowest BCUT2D eigenvalue weighted by Gasteiger charge is -2.37. The highest BCUT2D eigenvalue weighted by Gasteiger charge is 2.24. The van der Waals surface area contributed by atoms with E-state index < -0.39 is 5.60 Å². The average Bonchev–Trinajstić information content (AvgIpc) is 2.28. The number of aliphatic hydroxyl groups is 1. The van der Waals surface area contributed by atoms with Crippen LogP contribution in [0.25, 0.3) is 0 Å². The molecule has 0 spiro atoms. The molecule has 1 amide bonds. The maximum absolute atomic E-state index is 11.9. The van der Waals surface area contributed by atoms with Gasteiger partial charge in [-0.2, -0.15) is 0 Å². The highest BCUT2D eigenvalue weighted by Crippen LogP contribution is 2.10. The first-order valence-corrected chi connectivity index (χ1v) is 7.83. The van der Waals surface area contributed by atoms with Crippen molar-refractivity contribution in [1.82, 2.24) is 9.80 Å². The van der Waals surface area contributed by atoms with Crippen molar-refractivity contribution in [2.75, 3.05) is 38.1 Å². The second-order valence-electron chi connectivity index (χ2n) is 5.62. The summed E-state index contributed by atoms with van der Waals surface area (Å²) in [5.74, 6) is 0.277. The number of β-amino-alcohol motifs (C(OH)–C–C–N with tert-alkyl or cyclic N) is 1. The number of carbonyl (C=O) groups is 1. The van der Waals surface area contributed by atoms with Crippen LogP contribution in [0.5, 0.6) is 0 Å². The Morgan fingerprint density at radius 3 is 2.33 bits per heavy atom. The van der Waals surface area contributed by atoms with E-state index >= 15 is 0 Å². The smallest absolute Gasteiger partial charge is 0.222 e. The highest BCUT2D eigenvalue weighted by atomic mass is 79.9. The first kappa shape index (κ1) is 15.9. The van der Waals surface area contributed by atoms with Gasteiger partial charge in [-0.3, -0.25) is 9.69 Å². The van der Waals surface area contributed by atoms with Crippen molar-refractivity contribution in [2.45, 2.75) is 38.7 Å². The van der Waals surface area contributed by atoms with Crippen LogP contribution in [0.15, 0.2) is 0 Å². The number of alkyl halides is 1. The molecule has 0 aliphatic carbocycles. The van der Waals surface area contributed by atoms with E-state index in [1.165, 1.54) is 0 Å². The van der Waals surface area contributed by atoms with Gasteiger partial charge >= 0.3 is 0 Å². The molecule has 106 valence electrons. The number of hydrogen-bond donors (Lipinski definition) is 1. The third-order valence-electron chi connectivity index (χ3n) is 3.11. The lowest BCUT2D eigenvalue weighted by atomic mass is 10.1. The van der Waals surface area contributed by atoms with Crippen molar-refractivity contribution in [1.29, 1.82) is 0 Å². The molecule has 0 radical (unpaired) electrons. The van der Waals surface area contributed by atoms with Crippen LogP contribution in [-0.2, 0) is 4.79 Å². The van der Waals surface area contributed by atoms with E-state index in [4.69, 9.17) is 0 Å². The van der Waals surface area contributed by atoms with Crippen LogP contribution in [0.3, 0.4) is 0 Å². The molecule has 1 fully saturated rings. The minimum absolute atomic E-state index is 0.277. The molecule has 1 aliphatic rings. The maximum atomic E-state index is 11.9. The number of amides is 1. The predicted octanol–water partition coefficient (Wildman–Crippen LogP) is 1.47. The van der Waals surface area contributed by atoms with E-state index in [1.807, 2.05) is 18.7 Å². The Hall–Kier alpha value is -0.130. The lowest BCUT2D eigenvalue weighted by molar-refractivity contribution is -0.133. The van der Waals surface area contributed by atoms with E-state index in [9.17, 15) is 9.90 Å². The Labute approximate surface area is 118 Å². The van der Waals surface area contributed by atoms with Gasteiger partial charge in [0.25, 0.3) is 0 Å². The van der Waals surface area contributed by atoms with Crippen LogP contribution in [0.4, 0.5) is 0 Å². The third-order valence-corrected chi connectivity index (χ3v) is 3.67. The van der Waals surface area contributed by atoms with Crippen LogP contribution in [-0.4, -0.2) is 64.5 Å². The fourth-order valence-electron chi connectivity index (χ4n) is 2.23. The topological polar surface area (TPSA) is 43.8 Å². The molecule has 5 heteroatoms. The molecule has 1 rings (SSSR count). The van der Waals surface area contributed by atoms with Gasteiger partial charge in [0.15, 0.2) is 0 Å². The second kappa shape index (κ2) is 7.46. The molecule has 1 N–H and O–H groups in total. The molecule has 0 bridgehead atoms. The van der Waals surface area contributed by atoms with Crippen molar-refractivity contribution in [3.05, 3.63) is 0 Å². The molecule has 0 atom stereocenters. The molecule has 0 aromatic rings. The fourth-order valence-corrected chi connectivity index (χ4v) is 2.63. The number of rotatable bonds is 6. The monoisotopic (exact) mass is 320 g/mol. The maximum Gasteiger partial charge on any atom is 0.222 e. The summed E-state index contributed by atoms with van der Waals surface area (Å²) in [5, 5.41) is 10.7. The first-order chi connectivity index (χ1) is 8.42. The fraction of sp³-hybridized carbons (Fsp3) is 0.923. The van der Waals surface area contributed by atoms with Crippen LogP contribution in [0.2, 0.25) is 0 Å². The van der Waals surface area contributed by atoms with Crippen LogP contribution in [0.1, 0.15) is 33.1 Å². The summed E-state index contributed by atoms with van der Waals surface area (Å²) in [6.45, 7) is 7.66. The number of carbonyl (C=O) groups excluding carboxylic acids is 1. The molecule has 1 heterocycles. The summed E-state index contributed by atoms with van der Waals surface area (Å²) in [6, 6.07) is 0. The van der Waals surface area contributed by atoms with Gasteiger partial charge in [0.05, 0.1) is 5.60 Å². The SMILES string of the molecule is CC(C)(O)CN1CCN(C(=O)CCCCBr)CC1. The van der Waals surface area contributed by atoms with Gasteiger partial charge in [0, 0.05) is 44.5 Å². The van der Waals surface area contributed by atoms with Crippen LogP contribution in [0, 0.1) is 0 Å². The quantitative estimate of drug-likeness (QED) is 0.595. The van der Waals surface area contributed by atoms with Gasteiger partial charge in [-0.15, -0.1) is 0 Å². The molecular weight excluding hydrogens is 296 g/mol. The summed E-state index contributed by atoms with van der Waals surface area (Å²) in [7, 11) is 0. The van der Waals surface area contributed by atoms with Crippen molar-refractivity contribution < 1.29 is 9.90 Å². The highest BCUT2D eigenvalue weighted by molar-refractivity contribution is 9.09. The van der Waals surface area contributed by atoms with E-state index in [-0.39, 0.29) is 5.91 Å². The number of unbranched alkanes of at least 4 members (excludes halogenated alkanes) is 1. The van der Waals surface area contributed by atoms with Crippen molar-refractivity contribution in [3.8, 4) is 0 Å². The Kier molecular flexibility index (Phi) is 6.60. The summed E-state index contributed by atoms with van der Waals surface area (Å²) < 4.78 is 0. The Morgan fingerprint density at radius 1 is 1.22 bits per heavy atom. The van der Waals surface area contributed by atoms with Gasteiger partial charge in [0.2, 0.25) is 5.91 Å². The average molecular weight is 321 g/mol. The standard InChI is InChI=1S/C13H25BrN2O2/c1-13(2,18)11-15-7-9-16(10-8-15)12(17)5-3-4-6-14/h18H,3-11H2,1-2H3. The molecule has 4 nitrogen and oxygen atoms in total. The predicted molar refractivity (Wildman–Crippen MR) is 77.0 cm³/mol. The number of nitrogens with zero attached hydrogens (tertiary/aromatic N) is 2. The van der Waals surface area contributed by atoms with Gasteiger partial charge in [-0.25, -0.2) is 0 Å². The normalized spacial score (nSPS) is 18.1. The van der Waals surface area contributed by atoms with Gasteiger partial charge in [0.1, 0.15) is 0 Å². The zero-order valence-electron chi connectivity index (χ0n) is 11.5. The summed E-state index contributed by atoms with van der Waals surface area (Å²) in [4.78, 5) is 16.1. The largest absolute Gasteiger partial charge is 0.389 e. The van der Waals surface area contributed by atoms with Crippen LogP contribution >= 0.6 is 15.9 Å². The Morgan fingerprint density at radius 2 is 1.83 bits per heavy atom. The molecule has 0 saturated carbocycles. The number of piperazine rings is 1. The van der Waals surface area contributed by atoms with E-state index in [0.717, 1.165) is 44.4 Å². The van der Waals surface area contributed by atoms with Crippen molar-refractivity contribution >= 4 is 21.8 Å². The molecule has 1 saturated heterocycles. The van der Waals surface area contributed by atoms with Crippen molar-refractivity contribution in [3.63, 3.8) is 0 Å². The summed E-state index contributed by atoms with van der Waals surface area (Å²) >= 11 is 3.38. The van der Waals surface area contributed by atoms with Crippen molar-refractivity contribution in [2.24, 2.45) is 0 Å². The minimum Gasteiger partial charge on any atom is -0.389 e. The third kappa shape index (κ3) is 6.16.